The Morgan fingerprint density at radius 1 is 1.22 bits per heavy atom. The lowest BCUT2D eigenvalue weighted by atomic mass is 10.1. The van der Waals surface area contributed by atoms with Gasteiger partial charge >= 0.3 is 5.97 Å². The number of carbonyl (C=O) groups is 1. The number of carbonyl (C=O) groups excluding carboxylic acids is 1. The fourth-order valence-electron chi connectivity index (χ4n) is 2.66. The Morgan fingerprint density at radius 3 is 2.85 bits per heavy atom. The second kappa shape index (κ2) is 8.55. The topological polar surface area (TPSA) is 63.2 Å². The molecule has 6 nitrogen and oxygen atoms in total. The quantitative estimate of drug-likeness (QED) is 0.570. The molecule has 2 aromatic carbocycles. The summed E-state index contributed by atoms with van der Waals surface area (Å²) in [5, 5.41) is 0. The zero-order valence-electron chi connectivity index (χ0n) is 15.0. The summed E-state index contributed by atoms with van der Waals surface area (Å²) in [6, 6.07) is 7.97. The summed E-state index contributed by atoms with van der Waals surface area (Å²) >= 11 is 0. The fourth-order valence-corrected chi connectivity index (χ4v) is 2.66. The minimum absolute atomic E-state index is 0.105. The van der Waals surface area contributed by atoms with E-state index in [0.717, 1.165) is 5.56 Å². The maximum atomic E-state index is 13.8. The smallest absolute Gasteiger partial charge is 0.330 e. The number of methoxy groups -OCH3 is 2. The highest BCUT2D eigenvalue weighted by molar-refractivity contribution is 5.87. The van der Waals surface area contributed by atoms with Gasteiger partial charge < -0.3 is 23.7 Å². The van der Waals surface area contributed by atoms with Crippen LogP contribution in [0.4, 0.5) is 4.39 Å². The van der Waals surface area contributed by atoms with Crippen LogP contribution >= 0.6 is 0 Å². The molecule has 0 fully saturated rings. The second-order valence-corrected chi connectivity index (χ2v) is 5.72. The maximum absolute atomic E-state index is 13.8. The van der Waals surface area contributed by atoms with E-state index in [-0.39, 0.29) is 19.2 Å². The molecule has 0 aromatic heterocycles. The standard InChI is InChI=1S/C20H19FO6/c1-23-18-7-13(4-6-19(22)24-2)3-5-17(18)26-11-15-9-16(21)8-14-10-25-12-27-20(14)15/h3-9H,10-12H2,1-2H3. The van der Waals surface area contributed by atoms with Crippen molar-refractivity contribution in [1.29, 1.82) is 0 Å². The van der Waals surface area contributed by atoms with Crippen LogP contribution in [0.5, 0.6) is 17.2 Å². The molecule has 3 rings (SSSR count). The van der Waals surface area contributed by atoms with Crippen molar-refractivity contribution in [2.24, 2.45) is 0 Å². The Hall–Kier alpha value is -3.06. The predicted octanol–water partition coefficient (Wildman–Crippen LogP) is 3.47. The molecule has 0 aliphatic carbocycles. The molecule has 0 radical (unpaired) electrons. The summed E-state index contributed by atoms with van der Waals surface area (Å²) in [5.41, 5.74) is 1.98. The largest absolute Gasteiger partial charge is 0.493 e. The molecule has 0 spiro atoms. The van der Waals surface area contributed by atoms with Crippen LogP contribution in [-0.4, -0.2) is 27.0 Å². The van der Waals surface area contributed by atoms with Crippen LogP contribution in [0.2, 0.25) is 0 Å². The van der Waals surface area contributed by atoms with E-state index in [4.69, 9.17) is 18.9 Å². The van der Waals surface area contributed by atoms with Gasteiger partial charge in [-0.25, -0.2) is 9.18 Å². The van der Waals surface area contributed by atoms with Gasteiger partial charge in [0.2, 0.25) is 0 Å². The minimum atomic E-state index is -0.450. The van der Waals surface area contributed by atoms with Gasteiger partial charge in [-0.2, -0.15) is 0 Å². The summed E-state index contributed by atoms with van der Waals surface area (Å²) in [7, 11) is 2.83. The molecule has 27 heavy (non-hydrogen) atoms. The first-order valence-corrected chi connectivity index (χ1v) is 8.19. The number of halogens is 1. The minimum Gasteiger partial charge on any atom is -0.493 e. The Kier molecular flexibility index (Phi) is 5.93. The molecule has 1 aliphatic rings. The van der Waals surface area contributed by atoms with Crippen LogP contribution in [0.1, 0.15) is 16.7 Å². The number of ether oxygens (including phenoxy) is 5. The lowest BCUT2D eigenvalue weighted by Crippen LogP contribution is -2.14. The Balaban J connectivity index is 1.77. The van der Waals surface area contributed by atoms with Crippen molar-refractivity contribution in [1.82, 2.24) is 0 Å². The highest BCUT2D eigenvalue weighted by atomic mass is 19.1. The average Bonchev–Trinajstić information content (AvgIpc) is 2.70. The number of hydrogen-bond donors (Lipinski definition) is 0. The number of esters is 1. The molecule has 7 heteroatoms. The monoisotopic (exact) mass is 374 g/mol. The van der Waals surface area contributed by atoms with Crippen molar-refractivity contribution in [3.05, 3.63) is 58.9 Å². The normalized spacial score (nSPS) is 13.0. The highest BCUT2D eigenvalue weighted by Gasteiger charge is 2.18. The highest BCUT2D eigenvalue weighted by Crippen LogP contribution is 2.33. The van der Waals surface area contributed by atoms with Gasteiger partial charge in [0.25, 0.3) is 0 Å². The van der Waals surface area contributed by atoms with E-state index in [0.29, 0.717) is 35.0 Å². The van der Waals surface area contributed by atoms with Gasteiger partial charge in [-0.15, -0.1) is 0 Å². The van der Waals surface area contributed by atoms with Gasteiger partial charge in [0.1, 0.15) is 18.2 Å². The molecule has 2 aromatic rings. The van der Waals surface area contributed by atoms with Gasteiger partial charge in [-0.3, -0.25) is 0 Å². The molecular formula is C20H19FO6. The first-order valence-electron chi connectivity index (χ1n) is 8.19. The van der Waals surface area contributed by atoms with E-state index in [1.807, 2.05) is 0 Å². The van der Waals surface area contributed by atoms with E-state index in [9.17, 15) is 9.18 Å². The lowest BCUT2D eigenvalue weighted by molar-refractivity contribution is -0.134. The molecule has 0 unspecified atom stereocenters. The fraction of sp³-hybridized carbons (Fsp3) is 0.250. The van der Waals surface area contributed by atoms with Gasteiger partial charge in [0.05, 0.1) is 20.8 Å². The summed E-state index contributed by atoms with van der Waals surface area (Å²) in [4.78, 5) is 11.2. The SMILES string of the molecule is COC(=O)C=Cc1ccc(OCc2cc(F)cc3c2OCOC3)c(OC)c1. The number of rotatable bonds is 6. The molecule has 142 valence electrons. The molecule has 0 atom stereocenters. The first kappa shape index (κ1) is 18.7. The van der Waals surface area contributed by atoms with Crippen molar-refractivity contribution >= 4 is 12.0 Å². The summed E-state index contributed by atoms with van der Waals surface area (Å²) in [6.45, 7) is 0.522. The third-order valence-electron chi connectivity index (χ3n) is 3.94. The van der Waals surface area contributed by atoms with Crippen LogP contribution < -0.4 is 14.2 Å². The maximum Gasteiger partial charge on any atom is 0.330 e. The van der Waals surface area contributed by atoms with E-state index in [1.165, 1.54) is 32.4 Å². The number of fused-ring (bicyclic) bond motifs is 1. The van der Waals surface area contributed by atoms with Gasteiger partial charge in [-0.05, 0) is 35.9 Å². The summed E-state index contributed by atoms with van der Waals surface area (Å²) in [5.74, 6) is 0.722. The van der Waals surface area contributed by atoms with Crippen LogP contribution in [-0.2, 0) is 27.5 Å². The van der Waals surface area contributed by atoms with Crippen LogP contribution in [0, 0.1) is 5.82 Å². The Bertz CT molecular complexity index is 862. The van der Waals surface area contributed by atoms with E-state index >= 15 is 0 Å². The van der Waals surface area contributed by atoms with E-state index < -0.39 is 5.97 Å². The third-order valence-corrected chi connectivity index (χ3v) is 3.94. The molecule has 0 bridgehead atoms. The number of benzene rings is 2. The zero-order chi connectivity index (χ0) is 19.2. The van der Waals surface area contributed by atoms with Crippen LogP contribution in [0.15, 0.2) is 36.4 Å². The first-order chi connectivity index (χ1) is 13.1. The van der Waals surface area contributed by atoms with Crippen molar-refractivity contribution in [3.63, 3.8) is 0 Å². The van der Waals surface area contributed by atoms with Crippen molar-refractivity contribution < 1.29 is 32.9 Å². The summed E-state index contributed by atoms with van der Waals surface area (Å²) < 4.78 is 40.2. The van der Waals surface area contributed by atoms with Crippen LogP contribution in [0.3, 0.4) is 0 Å². The third kappa shape index (κ3) is 4.57. The van der Waals surface area contributed by atoms with Gasteiger partial charge in [0.15, 0.2) is 18.3 Å². The van der Waals surface area contributed by atoms with E-state index in [1.54, 1.807) is 24.3 Å². The molecular weight excluding hydrogens is 355 g/mol. The molecule has 0 saturated heterocycles. The average molecular weight is 374 g/mol. The molecule has 1 heterocycles. The van der Waals surface area contributed by atoms with Gasteiger partial charge in [0, 0.05) is 17.2 Å². The van der Waals surface area contributed by atoms with Crippen molar-refractivity contribution in [3.8, 4) is 17.2 Å². The molecule has 0 N–H and O–H groups in total. The van der Waals surface area contributed by atoms with Crippen molar-refractivity contribution in [2.75, 3.05) is 21.0 Å². The zero-order valence-corrected chi connectivity index (χ0v) is 15.0. The molecule has 0 amide bonds. The molecule has 0 saturated carbocycles. The Morgan fingerprint density at radius 2 is 2.07 bits per heavy atom. The lowest BCUT2D eigenvalue weighted by Gasteiger charge is -2.21. The van der Waals surface area contributed by atoms with Gasteiger partial charge in [-0.1, -0.05) is 6.07 Å². The van der Waals surface area contributed by atoms with Crippen LogP contribution in [0.25, 0.3) is 6.08 Å². The predicted molar refractivity (Wildman–Crippen MR) is 95.1 cm³/mol. The molecule has 1 aliphatic heterocycles. The van der Waals surface area contributed by atoms with E-state index in [2.05, 4.69) is 4.74 Å². The summed E-state index contributed by atoms with van der Waals surface area (Å²) in [6.07, 6.45) is 2.92. The van der Waals surface area contributed by atoms with Crippen molar-refractivity contribution in [2.45, 2.75) is 13.2 Å². The number of hydrogen-bond acceptors (Lipinski definition) is 6. The second-order valence-electron chi connectivity index (χ2n) is 5.72. The Labute approximate surface area is 156 Å².